The van der Waals surface area contributed by atoms with Gasteiger partial charge in [0.05, 0.1) is 11.7 Å². The molecule has 1 atom stereocenters. The van der Waals surface area contributed by atoms with E-state index in [1.807, 2.05) is 36.4 Å². The van der Waals surface area contributed by atoms with Crippen molar-refractivity contribution < 1.29 is 4.79 Å². The zero-order valence-electron chi connectivity index (χ0n) is 14.1. The molecule has 126 valence electrons. The second-order valence-electron chi connectivity index (χ2n) is 5.75. The van der Waals surface area contributed by atoms with Crippen molar-refractivity contribution in [1.29, 1.82) is 0 Å². The first kappa shape index (κ1) is 17.5. The first-order valence-corrected chi connectivity index (χ1v) is 7.92. The summed E-state index contributed by atoms with van der Waals surface area (Å²) >= 11 is 0. The Morgan fingerprint density at radius 1 is 1.33 bits per heavy atom. The van der Waals surface area contributed by atoms with Crippen molar-refractivity contribution in [2.45, 2.75) is 25.8 Å². The predicted octanol–water partition coefficient (Wildman–Crippen LogP) is 3.52. The molecule has 1 aromatic heterocycles. The van der Waals surface area contributed by atoms with Gasteiger partial charge in [-0.15, -0.1) is 6.58 Å². The van der Waals surface area contributed by atoms with Gasteiger partial charge in [-0.25, -0.2) is 4.79 Å². The number of rotatable bonds is 6. The SMILES string of the molecule is C=CCCC(NC(=O)Nc1cn(C)c(=O)cc1C)c1ccccc1. The maximum absolute atomic E-state index is 12.4. The molecule has 5 nitrogen and oxygen atoms in total. The Hall–Kier alpha value is -2.82. The van der Waals surface area contributed by atoms with E-state index in [1.165, 1.54) is 10.6 Å². The number of amides is 2. The van der Waals surface area contributed by atoms with Gasteiger partial charge in [0.2, 0.25) is 0 Å². The van der Waals surface area contributed by atoms with Crippen LogP contribution in [-0.2, 0) is 7.05 Å². The lowest BCUT2D eigenvalue weighted by Crippen LogP contribution is -2.33. The fraction of sp³-hybridized carbons (Fsp3) is 0.263. The molecule has 2 aromatic rings. The van der Waals surface area contributed by atoms with Gasteiger partial charge < -0.3 is 15.2 Å². The first-order chi connectivity index (χ1) is 11.5. The van der Waals surface area contributed by atoms with Gasteiger partial charge in [0.1, 0.15) is 0 Å². The van der Waals surface area contributed by atoms with Crippen LogP contribution in [0.5, 0.6) is 0 Å². The average molecular weight is 325 g/mol. The van der Waals surface area contributed by atoms with Gasteiger partial charge in [-0.05, 0) is 30.9 Å². The van der Waals surface area contributed by atoms with Gasteiger partial charge in [-0.2, -0.15) is 0 Å². The number of carbonyl (C=O) groups excluding carboxylic acids is 1. The van der Waals surface area contributed by atoms with Crippen LogP contribution in [0.25, 0.3) is 0 Å². The normalized spacial score (nSPS) is 11.6. The summed E-state index contributed by atoms with van der Waals surface area (Å²) < 4.78 is 1.44. The third kappa shape index (κ3) is 4.59. The van der Waals surface area contributed by atoms with E-state index in [0.29, 0.717) is 5.69 Å². The maximum Gasteiger partial charge on any atom is 0.319 e. The lowest BCUT2D eigenvalue weighted by molar-refractivity contribution is 0.248. The van der Waals surface area contributed by atoms with Gasteiger partial charge >= 0.3 is 6.03 Å². The number of aryl methyl sites for hydroxylation is 2. The molecule has 5 heteroatoms. The van der Waals surface area contributed by atoms with Gasteiger partial charge in [0, 0.05) is 19.3 Å². The third-order valence-corrected chi connectivity index (χ3v) is 3.85. The average Bonchev–Trinajstić information content (AvgIpc) is 2.57. The quantitative estimate of drug-likeness (QED) is 0.798. The monoisotopic (exact) mass is 325 g/mol. The van der Waals surface area contributed by atoms with E-state index in [4.69, 9.17) is 0 Å². The molecule has 0 aliphatic carbocycles. The Balaban J connectivity index is 2.12. The van der Waals surface area contributed by atoms with Gasteiger partial charge in [-0.1, -0.05) is 36.4 Å². The summed E-state index contributed by atoms with van der Waals surface area (Å²) in [7, 11) is 1.65. The summed E-state index contributed by atoms with van der Waals surface area (Å²) in [5, 5.41) is 5.81. The highest BCUT2D eigenvalue weighted by molar-refractivity contribution is 5.90. The Kier molecular flexibility index (Phi) is 5.95. The number of aromatic nitrogens is 1. The number of allylic oxidation sites excluding steroid dienone is 1. The van der Waals surface area contributed by atoms with Crippen molar-refractivity contribution >= 4 is 11.7 Å². The fourth-order valence-electron chi connectivity index (χ4n) is 2.46. The molecule has 1 aromatic carbocycles. The van der Waals surface area contributed by atoms with Crippen LogP contribution in [-0.4, -0.2) is 10.6 Å². The molecule has 0 fully saturated rings. The lowest BCUT2D eigenvalue weighted by Gasteiger charge is -2.19. The van der Waals surface area contributed by atoms with Crippen LogP contribution in [0.2, 0.25) is 0 Å². The molecule has 0 saturated heterocycles. The summed E-state index contributed by atoms with van der Waals surface area (Å²) in [6, 6.07) is 10.9. The van der Waals surface area contributed by atoms with E-state index in [-0.39, 0.29) is 17.6 Å². The Morgan fingerprint density at radius 3 is 2.71 bits per heavy atom. The molecule has 1 unspecified atom stereocenters. The maximum atomic E-state index is 12.4. The van der Waals surface area contributed by atoms with Crippen LogP contribution in [0.1, 0.15) is 30.0 Å². The molecule has 0 spiro atoms. The van der Waals surface area contributed by atoms with E-state index in [0.717, 1.165) is 24.0 Å². The van der Waals surface area contributed by atoms with Crippen LogP contribution in [0.3, 0.4) is 0 Å². The molecule has 0 aliphatic heterocycles. The van der Waals surface area contributed by atoms with E-state index in [1.54, 1.807) is 20.2 Å². The highest BCUT2D eigenvalue weighted by Crippen LogP contribution is 2.19. The summed E-state index contributed by atoms with van der Waals surface area (Å²) in [6.07, 6.45) is 5.04. The number of benzene rings is 1. The molecule has 2 N–H and O–H groups in total. The van der Waals surface area contributed by atoms with Crippen LogP contribution in [0.4, 0.5) is 10.5 Å². The molecule has 2 rings (SSSR count). The van der Waals surface area contributed by atoms with Crippen LogP contribution < -0.4 is 16.2 Å². The van der Waals surface area contributed by atoms with Crippen LogP contribution in [0.15, 0.2) is 60.0 Å². The van der Waals surface area contributed by atoms with Gasteiger partial charge in [0.15, 0.2) is 0 Å². The third-order valence-electron chi connectivity index (χ3n) is 3.85. The second-order valence-corrected chi connectivity index (χ2v) is 5.75. The summed E-state index contributed by atoms with van der Waals surface area (Å²) in [5.74, 6) is 0. The zero-order valence-corrected chi connectivity index (χ0v) is 14.1. The first-order valence-electron chi connectivity index (χ1n) is 7.92. The Labute approximate surface area is 142 Å². The summed E-state index contributed by atoms with van der Waals surface area (Å²) in [5.41, 5.74) is 2.29. The van der Waals surface area contributed by atoms with E-state index in [9.17, 15) is 9.59 Å². The van der Waals surface area contributed by atoms with Crippen LogP contribution >= 0.6 is 0 Å². The molecule has 1 heterocycles. The fourth-order valence-corrected chi connectivity index (χ4v) is 2.46. The Morgan fingerprint density at radius 2 is 2.04 bits per heavy atom. The molecule has 0 saturated carbocycles. The number of urea groups is 1. The highest BCUT2D eigenvalue weighted by atomic mass is 16.2. The van der Waals surface area contributed by atoms with E-state index in [2.05, 4.69) is 17.2 Å². The van der Waals surface area contributed by atoms with Gasteiger partial charge in [-0.3, -0.25) is 4.79 Å². The standard InChI is InChI=1S/C19H23N3O2/c1-4-5-11-16(15-9-7-6-8-10-15)20-19(24)21-17-13-22(3)18(23)12-14(17)2/h4,6-10,12-13,16H,1,5,11H2,2-3H3,(H2,20,21,24). The van der Waals surface area contributed by atoms with E-state index < -0.39 is 0 Å². The van der Waals surface area contributed by atoms with Crippen molar-refractivity contribution in [1.82, 2.24) is 9.88 Å². The number of hydrogen-bond donors (Lipinski definition) is 2. The second kappa shape index (κ2) is 8.15. The van der Waals surface area contributed by atoms with E-state index >= 15 is 0 Å². The number of anilines is 1. The number of nitrogens with zero attached hydrogens (tertiary/aromatic N) is 1. The molecule has 0 bridgehead atoms. The molecule has 24 heavy (non-hydrogen) atoms. The highest BCUT2D eigenvalue weighted by Gasteiger charge is 2.14. The topological polar surface area (TPSA) is 63.1 Å². The molecule has 0 aliphatic rings. The zero-order chi connectivity index (χ0) is 17.5. The number of carbonyl (C=O) groups is 1. The predicted molar refractivity (Wildman–Crippen MR) is 97.2 cm³/mol. The minimum atomic E-state index is -0.297. The van der Waals surface area contributed by atoms with Crippen molar-refractivity contribution in [2.75, 3.05) is 5.32 Å². The molecular formula is C19H23N3O2. The number of hydrogen-bond acceptors (Lipinski definition) is 2. The molecule has 2 amide bonds. The largest absolute Gasteiger partial charge is 0.331 e. The lowest BCUT2D eigenvalue weighted by atomic mass is 10.0. The number of pyridine rings is 1. The molecule has 0 radical (unpaired) electrons. The van der Waals surface area contributed by atoms with Crippen molar-refractivity contribution in [3.8, 4) is 0 Å². The van der Waals surface area contributed by atoms with Crippen LogP contribution in [0, 0.1) is 6.92 Å². The Bertz CT molecular complexity index is 766. The van der Waals surface area contributed by atoms with Gasteiger partial charge in [0.25, 0.3) is 5.56 Å². The molecular weight excluding hydrogens is 302 g/mol. The summed E-state index contributed by atoms with van der Waals surface area (Å²) in [6.45, 7) is 5.54. The smallest absolute Gasteiger partial charge is 0.319 e. The van der Waals surface area contributed by atoms with Crippen molar-refractivity contribution in [3.05, 3.63) is 76.7 Å². The van der Waals surface area contributed by atoms with Crippen molar-refractivity contribution in [3.63, 3.8) is 0 Å². The summed E-state index contributed by atoms with van der Waals surface area (Å²) in [4.78, 5) is 24.0. The minimum Gasteiger partial charge on any atom is -0.331 e. The van der Waals surface area contributed by atoms with Crippen molar-refractivity contribution in [2.24, 2.45) is 7.05 Å². The minimum absolute atomic E-state index is 0.1000. The number of nitrogens with one attached hydrogen (secondary N) is 2.